The minimum Gasteiger partial charge on any atom is -0.391 e. The van der Waals surface area contributed by atoms with Crippen LogP contribution in [0.3, 0.4) is 0 Å². The van der Waals surface area contributed by atoms with Gasteiger partial charge in [-0.15, -0.1) is 0 Å². The van der Waals surface area contributed by atoms with Gasteiger partial charge in [0, 0.05) is 11.5 Å². The van der Waals surface area contributed by atoms with Gasteiger partial charge in [0.25, 0.3) is 0 Å². The van der Waals surface area contributed by atoms with E-state index < -0.39 is 125 Å². The van der Waals surface area contributed by atoms with Crippen molar-refractivity contribution in [2.75, 3.05) is 31.1 Å². The first-order chi connectivity index (χ1) is 34.7. The number of nitrogens with one attached hydrogen (secondary N) is 9. The van der Waals surface area contributed by atoms with E-state index in [1.165, 1.54) is 6.92 Å². The summed E-state index contributed by atoms with van der Waals surface area (Å²) in [7, 11) is 0. The number of carbonyl (C=O) groups is 10. The van der Waals surface area contributed by atoms with Crippen LogP contribution in [-0.2, 0) is 47.9 Å². The fraction of sp³-hybridized carbons (Fsp3) is 0.792. The largest absolute Gasteiger partial charge is 0.391 e. The van der Waals surface area contributed by atoms with Gasteiger partial charge in [-0.2, -0.15) is 25.3 Å². The molecule has 24 nitrogen and oxygen atoms in total. The summed E-state index contributed by atoms with van der Waals surface area (Å²) in [6, 6.07) is -11.2. The molecule has 0 saturated heterocycles. The minimum atomic E-state index is -1.64. The third-order valence-electron chi connectivity index (χ3n) is 11.9. The molecule has 26 heteroatoms. The highest BCUT2D eigenvalue weighted by Gasteiger charge is 2.37. The number of hydrogen-bond donors (Lipinski definition) is 16. The highest BCUT2D eigenvalue weighted by Crippen LogP contribution is 2.14. The molecule has 0 heterocycles. The van der Waals surface area contributed by atoms with E-state index in [0.717, 1.165) is 0 Å². The van der Waals surface area contributed by atoms with E-state index in [1.807, 2.05) is 41.5 Å². The number of unbranched alkanes of at least 4 members (excludes halogenated alkanes) is 2. The Bertz CT molecular complexity index is 1810. The summed E-state index contributed by atoms with van der Waals surface area (Å²) < 4.78 is 0. The van der Waals surface area contributed by atoms with Gasteiger partial charge in [-0.25, -0.2) is 0 Å². The Labute approximate surface area is 448 Å². The monoisotopic (exact) mass is 1090 g/mol. The topological polar surface area (TPSA) is 403 Å². The van der Waals surface area contributed by atoms with Crippen LogP contribution in [-0.4, -0.2) is 156 Å². The predicted octanol–water partition coefficient (Wildman–Crippen LogP) is -2.52. The summed E-state index contributed by atoms with van der Waals surface area (Å²) in [6.07, 6.45) is 1.34. The Morgan fingerprint density at radius 2 is 0.757 bits per heavy atom. The number of hydrogen-bond acceptors (Lipinski definition) is 16. The van der Waals surface area contributed by atoms with Crippen molar-refractivity contribution in [2.45, 2.75) is 187 Å². The van der Waals surface area contributed by atoms with E-state index in [9.17, 15) is 53.1 Å². The van der Waals surface area contributed by atoms with Crippen LogP contribution in [0, 0.1) is 23.7 Å². The first kappa shape index (κ1) is 69.2. The lowest BCUT2D eigenvalue weighted by Gasteiger charge is -2.30. The van der Waals surface area contributed by atoms with E-state index in [1.54, 1.807) is 13.8 Å². The second-order valence-corrected chi connectivity index (χ2v) is 20.7. The van der Waals surface area contributed by atoms with E-state index in [4.69, 9.17) is 22.9 Å². The number of aliphatic hydroxyl groups is 1. The van der Waals surface area contributed by atoms with Gasteiger partial charge in [-0.1, -0.05) is 61.8 Å². The Kier molecular flexibility index (Phi) is 34.7. The highest BCUT2D eigenvalue weighted by atomic mass is 32.1. The molecule has 11 atom stereocenters. The first-order valence-corrected chi connectivity index (χ1v) is 27.0. The number of amides is 10. The second-order valence-electron chi connectivity index (χ2n) is 20.0. The van der Waals surface area contributed by atoms with Crippen molar-refractivity contribution in [1.82, 2.24) is 47.9 Å². The molecule has 0 aliphatic heterocycles. The summed E-state index contributed by atoms with van der Waals surface area (Å²) in [6.45, 7) is 16.0. The molecule has 0 aliphatic rings. The van der Waals surface area contributed by atoms with Crippen molar-refractivity contribution >= 4 is 84.3 Å². The molecule has 0 unspecified atom stereocenters. The SMILES string of the molecule is CC[C@H](C)[C@H](NC(=O)[C@H](CS)NC(=O)[C@H](CCCCN)NC(=O)[C@H](CC(C)C)NC(=O)[C@H](CC(C)C)NC(=O)CN)C(=O)N[C@@H](CCCCN)C(=O)N[C@H](C(=O)N[C@@H](CS)C(=O)N[C@@H](CC(C)C)C(N)=O)[C@@H](C)O. The van der Waals surface area contributed by atoms with Gasteiger partial charge in [-0.3, -0.25) is 47.9 Å². The molecule has 0 fully saturated rings. The molecule has 74 heavy (non-hydrogen) atoms. The van der Waals surface area contributed by atoms with Crippen LogP contribution < -0.4 is 70.8 Å². The molecule has 0 aliphatic carbocycles. The third kappa shape index (κ3) is 26.6. The molecule has 0 aromatic heterocycles. The molecule has 0 rings (SSSR count). The van der Waals surface area contributed by atoms with Crippen LogP contribution in [0.1, 0.15) is 127 Å². The molecule has 0 aromatic rings. The van der Waals surface area contributed by atoms with Crippen molar-refractivity contribution < 1.29 is 53.1 Å². The van der Waals surface area contributed by atoms with E-state index in [0.29, 0.717) is 38.6 Å². The van der Waals surface area contributed by atoms with Crippen molar-refractivity contribution in [3.63, 3.8) is 0 Å². The first-order valence-electron chi connectivity index (χ1n) is 25.7. The van der Waals surface area contributed by atoms with Gasteiger partial charge >= 0.3 is 0 Å². The molecule has 0 radical (unpaired) electrons. The van der Waals surface area contributed by atoms with Crippen LogP contribution in [0.15, 0.2) is 0 Å². The number of aliphatic hydroxyl groups excluding tert-OH is 1. The van der Waals surface area contributed by atoms with Crippen molar-refractivity contribution in [3.05, 3.63) is 0 Å². The number of nitrogens with two attached hydrogens (primary N) is 4. The molecule has 0 saturated carbocycles. The van der Waals surface area contributed by atoms with Gasteiger partial charge < -0.3 is 75.9 Å². The molecular weight excluding hydrogens is 999 g/mol. The van der Waals surface area contributed by atoms with Crippen molar-refractivity contribution in [3.8, 4) is 0 Å². The maximum absolute atomic E-state index is 14.2. The van der Waals surface area contributed by atoms with E-state index >= 15 is 0 Å². The standard InChI is InChI=1S/C48H91N13O11S2/c1-10-28(8)38(47(71)55-31(16-12-14-18-50)42(66)61-39(29(9)62)48(72)59-35(23-73)45(69)56-32(40(52)64)19-25(2)3)60-46(70)36(24-74)58-41(65)30(15-11-13-17-49)54-44(68)34(21-27(6)7)57-43(67)33(20-26(4)5)53-37(63)22-51/h25-36,38-39,62,73-74H,10-24,49-51H2,1-9H3,(H2,52,64)(H,53,63)(H,54,68)(H,55,71)(H,56,69)(H,57,67)(H,58,65)(H,59,72)(H,60,70)(H,61,66)/t28-,29+,30-,31-,32-,33-,34-,35-,36-,38-,39-/m0/s1. The summed E-state index contributed by atoms with van der Waals surface area (Å²) >= 11 is 8.49. The van der Waals surface area contributed by atoms with Crippen molar-refractivity contribution in [2.24, 2.45) is 46.6 Å². The average Bonchev–Trinajstić information content (AvgIpc) is 3.32. The molecule has 10 amide bonds. The van der Waals surface area contributed by atoms with Crippen molar-refractivity contribution in [1.29, 1.82) is 0 Å². The number of primary amides is 1. The fourth-order valence-corrected chi connectivity index (χ4v) is 8.03. The van der Waals surface area contributed by atoms with Gasteiger partial charge in [0.15, 0.2) is 0 Å². The molecule has 0 bridgehead atoms. The minimum absolute atomic E-state index is 0.00199. The smallest absolute Gasteiger partial charge is 0.245 e. The Morgan fingerprint density at radius 3 is 1.16 bits per heavy atom. The van der Waals surface area contributed by atoms with Crippen LogP contribution in [0.4, 0.5) is 0 Å². The Morgan fingerprint density at radius 1 is 0.432 bits per heavy atom. The fourth-order valence-electron chi connectivity index (χ4n) is 7.52. The molecular formula is C48H91N13O11S2. The van der Waals surface area contributed by atoms with Gasteiger partial charge in [0.1, 0.15) is 54.4 Å². The molecule has 0 spiro atoms. The number of rotatable bonds is 38. The quantitative estimate of drug-likeness (QED) is 0.0224. The zero-order valence-corrected chi connectivity index (χ0v) is 46.7. The summed E-state index contributed by atoms with van der Waals surface area (Å²) in [5.74, 6) is -8.72. The summed E-state index contributed by atoms with van der Waals surface area (Å²) in [4.78, 5) is 134. The lowest BCUT2D eigenvalue weighted by atomic mass is 9.97. The second kappa shape index (κ2) is 37.1. The lowest BCUT2D eigenvalue weighted by Crippen LogP contribution is -2.62. The van der Waals surface area contributed by atoms with E-state index in [2.05, 4.69) is 73.1 Å². The normalized spacial score (nSPS) is 15.9. The van der Waals surface area contributed by atoms with Gasteiger partial charge in [-0.05, 0) is 101 Å². The van der Waals surface area contributed by atoms with Crippen LogP contribution >= 0.6 is 25.3 Å². The molecule has 426 valence electrons. The maximum atomic E-state index is 14.2. The molecule has 18 N–H and O–H groups in total. The lowest BCUT2D eigenvalue weighted by molar-refractivity contribution is -0.137. The Balaban J connectivity index is 6.53. The maximum Gasteiger partial charge on any atom is 0.245 e. The highest BCUT2D eigenvalue weighted by molar-refractivity contribution is 7.80. The number of thiol groups is 2. The summed E-state index contributed by atoms with van der Waals surface area (Å²) in [5, 5.41) is 34.1. The molecule has 0 aromatic carbocycles. The van der Waals surface area contributed by atoms with E-state index in [-0.39, 0.29) is 74.5 Å². The zero-order valence-electron chi connectivity index (χ0n) is 44.9. The Hall–Kier alpha value is -4.76. The van der Waals surface area contributed by atoms with Gasteiger partial charge in [0.2, 0.25) is 59.1 Å². The van der Waals surface area contributed by atoms with Crippen LogP contribution in [0.25, 0.3) is 0 Å². The summed E-state index contributed by atoms with van der Waals surface area (Å²) in [5.41, 5.74) is 22.4. The third-order valence-corrected chi connectivity index (χ3v) is 12.6. The van der Waals surface area contributed by atoms with Crippen LogP contribution in [0.5, 0.6) is 0 Å². The average molecular weight is 1090 g/mol. The zero-order chi connectivity index (χ0) is 56.8. The number of carbonyl (C=O) groups excluding carboxylic acids is 10. The predicted molar refractivity (Wildman–Crippen MR) is 289 cm³/mol. The van der Waals surface area contributed by atoms with Crippen LogP contribution in [0.2, 0.25) is 0 Å². The van der Waals surface area contributed by atoms with Gasteiger partial charge in [0.05, 0.1) is 12.6 Å².